The largest absolute Gasteiger partial charge is 0.354 e. The van der Waals surface area contributed by atoms with Crippen molar-refractivity contribution in [1.29, 1.82) is 0 Å². The van der Waals surface area contributed by atoms with Crippen LogP contribution in [0.2, 0.25) is 5.15 Å². The summed E-state index contributed by atoms with van der Waals surface area (Å²) in [5.74, 6) is 0.170. The van der Waals surface area contributed by atoms with Gasteiger partial charge in [0.05, 0.1) is 12.0 Å². The van der Waals surface area contributed by atoms with Gasteiger partial charge in [0, 0.05) is 18.7 Å². The molecule has 1 aliphatic rings. The Kier molecular flexibility index (Phi) is 5.48. The third-order valence-electron chi connectivity index (χ3n) is 4.46. The lowest BCUT2D eigenvalue weighted by Crippen LogP contribution is -2.44. The predicted molar refractivity (Wildman–Crippen MR) is 94.9 cm³/mol. The average Bonchev–Trinajstić information content (AvgIpc) is 2.62. The summed E-state index contributed by atoms with van der Waals surface area (Å²) in [5.41, 5.74) is 0.493. The Labute approximate surface area is 151 Å². The Morgan fingerprint density at radius 1 is 1.32 bits per heavy atom. The summed E-state index contributed by atoms with van der Waals surface area (Å²) < 4.78 is 13.9. The van der Waals surface area contributed by atoms with E-state index in [0.717, 1.165) is 19.4 Å². The third-order valence-corrected chi connectivity index (χ3v) is 4.67. The lowest BCUT2D eigenvalue weighted by Gasteiger charge is -2.33. The van der Waals surface area contributed by atoms with Crippen LogP contribution in [0.15, 0.2) is 36.4 Å². The standard InChI is InChI=1S/C18H20ClFN4O/c1-12(14-6-2-3-7-15(14)20)21-18(25)13-5-4-10-24(11-13)17-9-8-16(19)22-23-17/h2-3,6-9,12-13H,4-5,10-11H2,1H3,(H,21,25)/t12-,13-/m0/s1. The number of hydrogen-bond acceptors (Lipinski definition) is 4. The first kappa shape index (κ1) is 17.6. The smallest absolute Gasteiger partial charge is 0.225 e. The van der Waals surface area contributed by atoms with Gasteiger partial charge < -0.3 is 10.2 Å². The van der Waals surface area contributed by atoms with E-state index < -0.39 is 0 Å². The highest BCUT2D eigenvalue weighted by Crippen LogP contribution is 2.23. The zero-order valence-electron chi connectivity index (χ0n) is 14.0. The average molecular weight is 363 g/mol. The molecule has 1 saturated heterocycles. The molecule has 2 atom stereocenters. The van der Waals surface area contributed by atoms with E-state index in [0.29, 0.717) is 23.1 Å². The van der Waals surface area contributed by atoms with E-state index >= 15 is 0 Å². The second-order valence-corrected chi connectivity index (χ2v) is 6.64. The summed E-state index contributed by atoms with van der Waals surface area (Å²) in [6, 6.07) is 9.61. The fraction of sp³-hybridized carbons (Fsp3) is 0.389. The van der Waals surface area contributed by atoms with Gasteiger partial charge in [-0.05, 0) is 38.0 Å². The molecule has 1 aromatic heterocycles. The molecule has 5 nitrogen and oxygen atoms in total. The van der Waals surface area contributed by atoms with Crippen molar-refractivity contribution in [1.82, 2.24) is 15.5 Å². The second-order valence-electron chi connectivity index (χ2n) is 6.25. The number of carbonyl (C=O) groups is 1. The number of aromatic nitrogens is 2. The van der Waals surface area contributed by atoms with Crippen molar-refractivity contribution in [2.45, 2.75) is 25.8 Å². The zero-order chi connectivity index (χ0) is 17.8. The van der Waals surface area contributed by atoms with Crippen LogP contribution in [0.5, 0.6) is 0 Å². The van der Waals surface area contributed by atoms with Gasteiger partial charge in [0.25, 0.3) is 0 Å². The Hall–Kier alpha value is -2.21. The van der Waals surface area contributed by atoms with Crippen molar-refractivity contribution >= 4 is 23.3 Å². The molecular weight excluding hydrogens is 343 g/mol. The number of carbonyl (C=O) groups excluding carboxylic acids is 1. The van der Waals surface area contributed by atoms with Crippen LogP contribution in [-0.4, -0.2) is 29.2 Å². The molecule has 7 heteroatoms. The van der Waals surface area contributed by atoms with E-state index in [9.17, 15) is 9.18 Å². The topological polar surface area (TPSA) is 58.1 Å². The van der Waals surface area contributed by atoms with E-state index in [1.165, 1.54) is 6.07 Å². The Bertz CT molecular complexity index is 740. The summed E-state index contributed by atoms with van der Waals surface area (Å²) in [4.78, 5) is 14.6. The van der Waals surface area contributed by atoms with Crippen LogP contribution < -0.4 is 10.2 Å². The normalized spacial score (nSPS) is 18.7. The van der Waals surface area contributed by atoms with Crippen molar-refractivity contribution in [2.75, 3.05) is 18.0 Å². The molecule has 1 amide bonds. The highest BCUT2D eigenvalue weighted by molar-refractivity contribution is 6.29. The third kappa shape index (κ3) is 4.25. The van der Waals surface area contributed by atoms with Gasteiger partial charge in [-0.25, -0.2) is 4.39 Å². The first-order valence-electron chi connectivity index (χ1n) is 8.33. The lowest BCUT2D eigenvalue weighted by molar-refractivity contribution is -0.125. The highest BCUT2D eigenvalue weighted by atomic mass is 35.5. The first-order valence-corrected chi connectivity index (χ1v) is 8.71. The number of hydrogen-bond donors (Lipinski definition) is 1. The summed E-state index contributed by atoms with van der Waals surface area (Å²) in [6.07, 6.45) is 1.68. The molecule has 0 bridgehead atoms. The predicted octanol–water partition coefficient (Wildman–Crippen LogP) is 3.36. The molecule has 1 aromatic carbocycles. The van der Waals surface area contributed by atoms with Gasteiger partial charge in [0.15, 0.2) is 11.0 Å². The molecular formula is C18H20ClFN4O. The molecule has 0 unspecified atom stereocenters. The molecule has 0 spiro atoms. The van der Waals surface area contributed by atoms with E-state index in [1.54, 1.807) is 37.3 Å². The number of benzene rings is 1. The number of rotatable bonds is 4. The highest BCUT2D eigenvalue weighted by Gasteiger charge is 2.28. The van der Waals surface area contributed by atoms with Crippen molar-refractivity contribution in [3.05, 3.63) is 52.9 Å². The molecule has 0 aliphatic carbocycles. The quantitative estimate of drug-likeness (QED) is 0.906. The summed E-state index contributed by atoms with van der Waals surface area (Å²) in [7, 11) is 0. The van der Waals surface area contributed by atoms with E-state index in [1.807, 2.05) is 4.90 Å². The molecule has 1 fully saturated rings. The summed E-state index contributed by atoms with van der Waals surface area (Å²) >= 11 is 5.77. The number of halogens is 2. The van der Waals surface area contributed by atoms with Crippen LogP contribution in [0.25, 0.3) is 0 Å². The minimum absolute atomic E-state index is 0.0672. The van der Waals surface area contributed by atoms with E-state index in [-0.39, 0.29) is 23.7 Å². The van der Waals surface area contributed by atoms with Crippen molar-refractivity contribution in [2.24, 2.45) is 5.92 Å². The number of amides is 1. The van der Waals surface area contributed by atoms with Crippen LogP contribution in [0.4, 0.5) is 10.2 Å². The van der Waals surface area contributed by atoms with Crippen molar-refractivity contribution in [3.8, 4) is 0 Å². The maximum absolute atomic E-state index is 13.9. The van der Waals surface area contributed by atoms with Crippen molar-refractivity contribution < 1.29 is 9.18 Å². The fourth-order valence-corrected chi connectivity index (χ4v) is 3.21. The summed E-state index contributed by atoms with van der Waals surface area (Å²) in [6.45, 7) is 3.18. The maximum Gasteiger partial charge on any atom is 0.225 e. The molecule has 2 aromatic rings. The Morgan fingerprint density at radius 3 is 2.84 bits per heavy atom. The monoisotopic (exact) mass is 362 g/mol. The van der Waals surface area contributed by atoms with E-state index in [4.69, 9.17) is 11.6 Å². The van der Waals surface area contributed by atoms with Crippen LogP contribution in [0.3, 0.4) is 0 Å². The molecule has 0 saturated carbocycles. The number of nitrogens with zero attached hydrogens (tertiary/aromatic N) is 3. The molecule has 2 heterocycles. The van der Waals surface area contributed by atoms with Gasteiger partial charge in [-0.3, -0.25) is 4.79 Å². The molecule has 132 valence electrons. The minimum Gasteiger partial charge on any atom is -0.354 e. The van der Waals surface area contributed by atoms with Crippen LogP contribution in [-0.2, 0) is 4.79 Å². The molecule has 3 rings (SSSR count). The minimum atomic E-state index is -0.376. The number of anilines is 1. The maximum atomic E-state index is 13.9. The Morgan fingerprint density at radius 2 is 2.12 bits per heavy atom. The van der Waals surface area contributed by atoms with Gasteiger partial charge in [-0.1, -0.05) is 29.8 Å². The SMILES string of the molecule is C[C@H](NC(=O)[C@H]1CCCN(c2ccc(Cl)nn2)C1)c1ccccc1F. The van der Waals surface area contributed by atoms with Crippen LogP contribution >= 0.6 is 11.6 Å². The van der Waals surface area contributed by atoms with Gasteiger partial charge in [0.1, 0.15) is 5.82 Å². The van der Waals surface area contributed by atoms with E-state index in [2.05, 4.69) is 15.5 Å². The van der Waals surface area contributed by atoms with Gasteiger partial charge in [0.2, 0.25) is 5.91 Å². The molecule has 0 radical (unpaired) electrons. The lowest BCUT2D eigenvalue weighted by atomic mass is 9.96. The molecule has 25 heavy (non-hydrogen) atoms. The number of piperidine rings is 1. The fourth-order valence-electron chi connectivity index (χ4n) is 3.11. The number of nitrogens with one attached hydrogen (secondary N) is 1. The molecule has 1 aliphatic heterocycles. The van der Waals surface area contributed by atoms with Gasteiger partial charge in [-0.15, -0.1) is 10.2 Å². The van der Waals surface area contributed by atoms with Gasteiger partial charge in [-0.2, -0.15) is 0 Å². The first-order chi connectivity index (χ1) is 12.0. The Balaban J connectivity index is 1.64. The van der Waals surface area contributed by atoms with Crippen LogP contribution in [0, 0.1) is 11.7 Å². The van der Waals surface area contributed by atoms with Crippen molar-refractivity contribution in [3.63, 3.8) is 0 Å². The van der Waals surface area contributed by atoms with Crippen LogP contribution in [0.1, 0.15) is 31.4 Å². The van der Waals surface area contributed by atoms with Gasteiger partial charge >= 0.3 is 0 Å². The zero-order valence-corrected chi connectivity index (χ0v) is 14.7. The second kappa shape index (κ2) is 7.78. The summed E-state index contributed by atoms with van der Waals surface area (Å²) in [5, 5.41) is 11.2. The molecule has 1 N–H and O–H groups in total.